The quantitative estimate of drug-likeness (QED) is 0.558. The second-order valence-corrected chi connectivity index (χ2v) is 8.43. The van der Waals surface area contributed by atoms with E-state index in [2.05, 4.69) is 15.6 Å². The van der Waals surface area contributed by atoms with E-state index in [1.165, 1.54) is 6.26 Å². The molecule has 2 N–H and O–H groups in total. The first-order valence-electron chi connectivity index (χ1n) is 8.29. The number of hydrogen-bond acceptors (Lipinski definition) is 5. The summed E-state index contributed by atoms with van der Waals surface area (Å²) in [4.78, 5) is 4.52. The smallest absolute Gasteiger partial charge is 0.191 e. The van der Waals surface area contributed by atoms with Crippen LogP contribution in [0.3, 0.4) is 0 Å². The fraction of sp³-hybridized carbons (Fsp3) is 0.688. The minimum absolute atomic E-state index is 0.241. The Morgan fingerprint density at radius 3 is 2.67 bits per heavy atom. The second kappa shape index (κ2) is 8.53. The third-order valence-corrected chi connectivity index (χ3v) is 6.41. The molecule has 0 saturated carbocycles. The van der Waals surface area contributed by atoms with E-state index in [1.807, 2.05) is 19.1 Å². The summed E-state index contributed by atoms with van der Waals surface area (Å²) < 4.78 is 34.3. The van der Waals surface area contributed by atoms with E-state index in [9.17, 15) is 8.42 Å². The molecule has 0 radical (unpaired) electrons. The molecule has 1 aliphatic rings. The molecule has 0 bridgehead atoms. The molecule has 0 aliphatic carbocycles. The van der Waals surface area contributed by atoms with E-state index in [-0.39, 0.29) is 6.54 Å². The third-order valence-electron chi connectivity index (χ3n) is 4.30. The first kappa shape index (κ1) is 18.8. The van der Waals surface area contributed by atoms with Gasteiger partial charge in [0.15, 0.2) is 15.8 Å². The molecule has 1 aromatic rings. The SMILES string of the molecule is CCNC(=NCC1(S(C)(=O)=O)CCOCC1)NCCc1ccco1. The van der Waals surface area contributed by atoms with Crippen molar-refractivity contribution in [3.63, 3.8) is 0 Å². The summed E-state index contributed by atoms with van der Waals surface area (Å²) in [5.41, 5.74) is 0. The summed E-state index contributed by atoms with van der Waals surface area (Å²) in [5, 5.41) is 6.37. The van der Waals surface area contributed by atoms with E-state index in [0.717, 1.165) is 12.2 Å². The molecule has 8 heteroatoms. The van der Waals surface area contributed by atoms with Crippen LogP contribution in [0, 0.1) is 0 Å². The van der Waals surface area contributed by atoms with E-state index in [0.29, 0.717) is 45.1 Å². The van der Waals surface area contributed by atoms with Crippen molar-refractivity contribution in [3.05, 3.63) is 24.2 Å². The molecule has 1 fully saturated rings. The highest BCUT2D eigenvalue weighted by Gasteiger charge is 2.42. The van der Waals surface area contributed by atoms with Crippen molar-refractivity contribution in [2.75, 3.05) is 39.1 Å². The highest BCUT2D eigenvalue weighted by molar-refractivity contribution is 7.92. The number of ether oxygens (including phenoxy) is 1. The lowest BCUT2D eigenvalue weighted by Crippen LogP contribution is -2.47. The average Bonchev–Trinajstić information content (AvgIpc) is 3.06. The fourth-order valence-electron chi connectivity index (χ4n) is 2.71. The summed E-state index contributed by atoms with van der Waals surface area (Å²) in [6, 6.07) is 3.78. The second-order valence-electron chi connectivity index (χ2n) is 6.02. The topological polar surface area (TPSA) is 92.9 Å². The molecule has 136 valence electrons. The van der Waals surface area contributed by atoms with E-state index < -0.39 is 14.6 Å². The molecule has 2 rings (SSSR count). The average molecular weight is 357 g/mol. The van der Waals surface area contributed by atoms with Crippen molar-refractivity contribution in [2.45, 2.75) is 30.9 Å². The van der Waals surface area contributed by atoms with Gasteiger partial charge in [-0.2, -0.15) is 0 Å². The highest BCUT2D eigenvalue weighted by atomic mass is 32.2. The van der Waals surface area contributed by atoms with Gasteiger partial charge in [0.2, 0.25) is 0 Å². The Hall–Kier alpha value is -1.54. The maximum Gasteiger partial charge on any atom is 0.191 e. The Bertz CT molecular complexity index is 620. The van der Waals surface area contributed by atoms with Gasteiger partial charge in [-0.15, -0.1) is 0 Å². The summed E-state index contributed by atoms with van der Waals surface area (Å²) in [7, 11) is -3.21. The summed E-state index contributed by atoms with van der Waals surface area (Å²) in [6.45, 7) is 4.52. The predicted molar refractivity (Wildman–Crippen MR) is 94.0 cm³/mol. The minimum Gasteiger partial charge on any atom is -0.469 e. The number of guanidine groups is 1. The zero-order valence-corrected chi connectivity index (χ0v) is 15.2. The maximum absolute atomic E-state index is 12.3. The standard InChI is InChI=1S/C16H27N3O4S/c1-3-17-15(18-9-6-14-5-4-10-23-14)19-13-16(24(2,20)21)7-11-22-12-8-16/h4-5,10H,3,6-9,11-13H2,1-2H3,(H2,17,18,19). The minimum atomic E-state index is -3.21. The van der Waals surface area contributed by atoms with Crippen LogP contribution in [0.25, 0.3) is 0 Å². The molecule has 0 unspecified atom stereocenters. The Morgan fingerprint density at radius 1 is 1.33 bits per heavy atom. The van der Waals surface area contributed by atoms with Crippen molar-refractivity contribution in [1.29, 1.82) is 0 Å². The summed E-state index contributed by atoms with van der Waals surface area (Å²) in [6.07, 6.45) is 4.66. The molecule has 1 saturated heterocycles. The van der Waals surface area contributed by atoms with Gasteiger partial charge in [0, 0.05) is 39.0 Å². The van der Waals surface area contributed by atoms with Crippen LogP contribution in [-0.2, 0) is 21.0 Å². The van der Waals surface area contributed by atoms with E-state index in [4.69, 9.17) is 9.15 Å². The van der Waals surface area contributed by atoms with Crippen LogP contribution < -0.4 is 10.6 Å². The maximum atomic E-state index is 12.3. The van der Waals surface area contributed by atoms with Gasteiger partial charge in [-0.1, -0.05) is 0 Å². The number of rotatable bonds is 7. The zero-order chi connectivity index (χ0) is 17.5. The van der Waals surface area contributed by atoms with Gasteiger partial charge in [-0.25, -0.2) is 8.42 Å². The molecule has 2 heterocycles. The van der Waals surface area contributed by atoms with Crippen LogP contribution in [0.15, 0.2) is 27.8 Å². The molecule has 0 spiro atoms. The Kier molecular flexibility index (Phi) is 6.68. The highest BCUT2D eigenvalue weighted by Crippen LogP contribution is 2.29. The van der Waals surface area contributed by atoms with E-state index in [1.54, 1.807) is 6.26 Å². The normalized spacial score (nSPS) is 18.3. The van der Waals surface area contributed by atoms with Gasteiger partial charge in [-0.3, -0.25) is 4.99 Å². The van der Waals surface area contributed by atoms with Crippen molar-refractivity contribution in [3.8, 4) is 0 Å². The molecular formula is C16H27N3O4S. The van der Waals surface area contributed by atoms with Gasteiger partial charge < -0.3 is 19.8 Å². The van der Waals surface area contributed by atoms with Crippen molar-refractivity contribution < 1.29 is 17.6 Å². The number of nitrogens with zero attached hydrogens (tertiary/aromatic N) is 1. The first-order valence-corrected chi connectivity index (χ1v) is 10.2. The molecule has 0 atom stereocenters. The Balaban J connectivity index is 1.99. The molecule has 0 amide bonds. The Labute approximate surface area is 143 Å². The van der Waals surface area contributed by atoms with Crippen molar-refractivity contribution in [2.24, 2.45) is 4.99 Å². The van der Waals surface area contributed by atoms with Crippen LogP contribution in [0.4, 0.5) is 0 Å². The molecule has 0 aromatic carbocycles. The lowest BCUT2D eigenvalue weighted by atomic mass is 9.99. The number of aliphatic imine (C=N–C) groups is 1. The molecule has 1 aromatic heterocycles. The summed E-state index contributed by atoms with van der Waals surface area (Å²) >= 11 is 0. The van der Waals surface area contributed by atoms with Gasteiger partial charge >= 0.3 is 0 Å². The largest absolute Gasteiger partial charge is 0.469 e. The lowest BCUT2D eigenvalue weighted by Gasteiger charge is -2.34. The van der Waals surface area contributed by atoms with Crippen LogP contribution in [-0.4, -0.2) is 58.2 Å². The number of hydrogen-bond donors (Lipinski definition) is 2. The summed E-state index contributed by atoms with van der Waals surface area (Å²) in [5.74, 6) is 1.52. The first-order chi connectivity index (χ1) is 11.5. The van der Waals surface area contributed by atoms with Crippen LogP contribution in [0.2, 0.25) is 0 Å². The molecule has 7 nitrogen and oxygen atoms in total. The van der Waals surface area contributed by atoms with Crippen LogP contribution in [0.1, 0.15) is 25.5 Å². The van der Waals surface area contributed by atoms with Gasteiger partial charge in [-0.05, 0) is 31.9 Å². The number of nitrogens with one attached hydrogen (secondary N) is 2. The molecular weight excluding hydrogens is 330 g/mol. The van der Waals surface area contributed by atoms with E-state index >= 15 is 0 Å². The Morgan fingerprint density at radius 2 is 2.08 bits per heavy atom. The monoisotopic (exact) mass is 357 g/mol. The molecule has 24 heavy (non-hydrogen) atoms. The van der Waals surface area contributed by atoms with Gasteiger partial charge in [0.25, 0.3) is 0 Å². The molecule has 1 aliphatic heterocycles. The lowest BCUT2D eigenvalue weighted by molar-refractivity contribution is 0.0768. The number of sulfone groups is 1. The zero-order valence-electron chi connectivity index (χ0n) is 14.4. The van der Waals surface area contributed by atoms with Gasteiger partial charge in [0.1, 0.15) is 5.76 Å². The number of furan rings is 1. The van der Waals surface area contributed by atoms with Crippen molar-refractivity contribution in [1.82, 2.24) is 10.6 Å². The van der Waals surface area contributed by atoms with Crippen molar-refractivity contribution >= 4 is 15.8 Å². The third kappa shape index (κ3) is 4.98. The fourth-order valence-corrected chi connectivity index (χ4v) is 3.92. The predicted octanol–water partition coefficient (Wildman–Crippen LogP) is 0.971. The van der Waals surface area contributed by atoms with Crippen LogP contribution >= 0.6 is 0 Å². The van der Waals surface area contributed by atoms with Gasteiger partial charge in [0.05, 0.1) is 17.6 Å². The van der Waals surface area contributed by atoms with Crippen LogP contribution in [0.5, 0.6) is 0 Å².